The van der Waals surface area contributed by atoms with E-state index in [9.17, 15) is 20.1 Å². The van der Waals surface area contributed by atoms with Crippen molar-refractivity contribution in [1.82, 2.24) is 5.32 Å². The van der Waals surface area contributed by atoms with E-state index in [0.717, 1.165) is 38.5 Å². The number of carbonyl (C=O) groups excluding carboxylic acids is 1. The molecule has 4 N–H and O–H groups in total. The third-order valence-corrected chi connectivity index (χ3v) is 12.1. The maximum Gasteiger partial charge on any atom is 0.249 e. The van der Waals surface area contributed by atoms with Crippen LogP contribution in [0.4, 0.5) is 0 Å². The van der Waals surface area contributed by atoms with Crippen LogP contribution in [0.5, 0.6) is 0 Å². The minimum absolute atomic E-state index is 0.313. The molecule has 3 unspecified atom stereocenters. The van der Waals surface area contributed by atoms with Gasteiger partial charge in [-0.2, -0.15) is 0 Å². The summed E-state index contributed by atoms with van der Waals surface area (Å²) in [7, 11) is 0. The Balaban J connectivity index is 3.57. The van der Waals surface area contributed by atoms with Crippen molar-refractivity contribution in [3.05, 3.63) is 24.3 Å². The number of aliphatic hydroxyl groups is 3. The molecular formula is C52H101NO4. The fraction of sp³-hybridized carbons (Fsp3) is 0.904. The van der Waals surface area contributed by atoms with Crippen molar-refractivity contribution in [2.75, 3.05) is 6.61 Å². The van der Waals surface area contributed by atoms with Crippen molar-refractivity contribution in [3.8, 4) is 0 Å². The monoisotopic (exact) mass is 804 g/mol. The zero-order chi connectivity index (χ0) is 41.5. The minimum atomic E-state index is -1.08. The molecule has 0 aliphatic heterocycles. The Labute approximate surface area is 356 Å². The van der Waals surface area contributed by atoms with Crippen molar-refractivity contribution in [1.29, 1.82) is 0 Å². The van der Waals surface area contributed by atoms with Gasteiger partial charge in [0.2, 0.25) is 5.91 Å². The largest absolute Gasteiger partial charge is 0.394 e. The molecule has 0 radical (unpaired) electrons. The molecule has 0 aromatic carbocycles. The number of allylic oxidation sites excluding steroid dienone is 4. The summed E-state index contributed by atoms with van der Waals surface area (Å²) >= 11 is 0. The van der Waals surface area contributed by atoms with E-state index in [-0.39, 0.29) is 6.61 Å². The first kappa shape index (κ1) is 55.8. The average Bonchev–Trinajstić information content (AvgIpc) is 3.22. The quantitative estimate of drug-likeness (QED) is 0.0364. The van der Waals surface area contributed by atoms with E-state index in [1.807, 2.05) is 0 Å². The van der Waals surface area contributed by atoms with Crippen LogP contribution in [-0.2, 0) is 4.79 Å². The summed E-state index contributed by atoms with van der Waals surface area (Å²) in [5, 5.41) is 33.4. The van der Waals surface area contributed by atoms with Crippen LogP contribution in [0.15, 0.2) is 24.3 Å². The highest BCUT2D eigenvalue weighted by atomic mass is 16.3. The second-order valence-corrected chi connectivity index (χ2v) is 17.7. The van der Waals surface area contributed by atoms with E-state index in [0.29, 0.717) is 12.8 Å². The van der Waals surface area contributed by atoms with E-state index in [1.54, 1.807) is 0 Å². The first-order valence-electron chi connectivity index (χ1n) is 25.6. The fourth-order valence-electron chi connectivity index (χ4n) is 8.05. The Morgan fingerprint density at radius 1 is 0.421 bits per heavy atom. The van der Waals surface area contributed by atoms with E-state index in [2.05, 4.69) is 43.5 Å². The lowest BCUT2D eigenvalue weighted by Crippen LogP contribution is -2.49. The van der Waals surface area contributed by atoms with Gasteiger partial charge in [0.15, 0.2) is 0 Å². The zero-order valence-electron chi connectivity index (χ0n) is 38.5. The van der Waals surface area contributed by atoms with Gasteiger partial charge >= 0.3 is 0 Å². The predicted octanol–water partition coefficient (Wildman–Crippen LogP) is 15.3. The Hall–Kier alpha value is -1.17. The van der Waals surface area contributed by atoms with Crippen LogP contribution in [0.25, 0.3) is 0 Å². The molecule has 1 amide bonds. The van der Waals surface area contributed by atoms with Gasteiger partial charge in [0.1, 0.15) is 6.10 Å². The molecule has 0 spiro atoms. The lowest BCUT2D eigenvalue weighted by molar-refractivity contribution is -0.131. The molecule has 5 nitrogen and oxygen atoms in total. The third-order valence-electron chi connectivity index (χ3n) is 12.1. The summed E-state index contributed by atoms with van der Waals surface area (Å²) in [6.45, 7) is 4.25. The van der Waals surface area contributed by atoms with E-state index in [4.69, 9.17) is 0 Å². The molecule has 0 saturated heterocycles. The number of nitrogens with one attached hydrogen (secondary N) is 1. The summed E-state index contributed by atoms with van der Waals surface area (Å²) in [6.07, 6.45) is 59.1. The smallest absolute Gasteiger partial charge is 0.249 e. The van der Waals surface area contributed by atoms with Gasteiger partial charge in [-0.05, 0) is 44.9 Å². The standard InChI is InChI=1S/C52H101NO4/c1-3-5-7-9-11-13-15-17-19-21-22-23-24-25-26-27-28-29-31-33-35-37-39-41-43-45-47-51(56)52(57)53-49(48-54)50(55)46-44-42-40-38-36-34-32-30-20-18-16-14-12-10-8-6-4-2/h22-23,25-26,49-51,54-56H,3-21,24,27-48H2,1-2H3,(H,53,57)/b23-22-,26-25-. The molecule has 0 aromatic heterocycles. The second kappa shape index (κ2) is 47.5. The maximum atomic E-state index is 12.5. The number of hydrogen-bond acceptors (Lipinski definition) is 4. The van der Waals surface area contributed by atoms with Crippen molar-refractivity contribution < 1.29 is 20.1 Å². The maximum absolute atomic E-state index is 12.5. The Kier molecular flexibility index (Phi) is 46.5. The first-order valence-corrected chi connectivity index (χ1v) is 25.6. The second-order valence-electron chi connectivity index (χ2n) is 17.7. The zero-order valence-corrected chi connectivity index (χ0v) is 38.5. The average molecular weight is 804 g/mol. The van der Waals surface area contributed by atoms with Crippen molar-refractivity contribution >= 4 is 5.91 Å². The summed E-state index contributed by atoms with van der Waals surface area (Å²) < 4.78 is 0. The van der Waals surface area contributed by atoms with Crippen molar-refractivity contribution in [2.24, 2.45) is 0 Å². The van der Waals surface area contributed by atoms with Crippen LogP contribution in [0.2, 0.25) is 0 Å². The van der Waals surface area contributed by atoms with Gasteiger partial charge in [-0.1, -0.05) is 256 Å². The molecule has 0 saturated carbocycles. The Morgan fingerprint density at radius 2 is 0.719 bits per heavy atom. The molecule has 0 bridgehead atoms. The highest BCUT2D eigenvalue weighted by molar-refractivity contribution is 5.80. The molecule has 5 heteroatoms. The molecule has 0 aliphatic rings. The molecule has 0 fully saturated rings. The van der Waals surface area contributed by atoms with Crippen molar-refractivity contribution in [3.63, 3.8) is 0 Å². The van der Waals surface area contributed by atoms with Crippen LogP contribution in [-0.4, -0.2) is 46.1 Å². The lowest BCUT2D eigenvalue weighted by atomic mass is 10.0. The molecule has 0 rings (SSSR count). The van der Waals surface area contributed by atoms with Gasteiger partial charge in [0.05, 0.1) is 18.8 Å². The van der Waals surface area contributed by atoms with Gasteiger partial charge in [-0.15, -0.1) is 0 Å². The van der Waals surface area contributed by atoms with Crippen LogP contribution in [0, 0.1) is 0 Å². The number of unbranched alkanes of at least 4 members (excludes halogenated alkanes) is 35. The molecule has 0 heterocycles. The summed E-state index contributed by atoms with van der Waals surface area (Å²) in [6, 6.07) is -0.712. The fourth-order valence-corrected chi connectivity index (χ4v) is 8.05. The van der Waals surface area contributed by atoms with Crippen LogP contribution < -0.4 is 5.32 Å². The number of aliphatic hydroxyl groups excluding tert-OH is 3. The Morgan fingerprint density at radius 3 is 1.05 bits per heavy atom. The van der Waals surface area contributed by atoms with E-state index >= 15 is 0 Å². The molecular weight excluding hydrogens is 703 g/mol. The van der Waals surface area contributed by atoms with Gasteiger partial charge in [0.25, 0.3) is 0 Å². The first-order chi connectivity index (χ1) is 28.1. The molecule has 0 aliphatic carbocycles. The number of rotatable bonds is 47. The van der Waals surface area contributed by atoms with Gasteiger partial charge in [-0.3, -0.25) is 4.79 Å². The van der Waals surface area contributed by atoms with Crippen molar-refractivity contribution in [2.45, 2.75) is 295 Å². The lowest BCUT2D eigenvalue weighted by Gasteiger charge is -2.23. The minimum Gasteiger partial charge on any atom is -0.394 e. The van der Waals surface area contributed by atoms with Crippen LogP contribution >= 0.6 is 0 Å². The molecule has 338 valence electrons. The summed E-state index contributed by atoms with van der Waals surface area (Å²) in [5.41, 5.74) is 0. The highest BCUT2D eigenvalue weighted by Gasteiger charge is 2.23. The molecule has 3 atom stereocenters. The highest BCUT2D eigenvalue weighted by Crippen LogP contribution is 2.17. The van der Waals surface area contributed by atoms with E-state index in [1.165, 1.54) is 212 Å². The number of hydrogen-bond donors (Lipinski definition) is 4. The molecule has 0 aromatic rings. The topological polar surface area (TPSA) is 89.8 Å². The third kappa shape index (κ3) is 42.8. The SMILES string of the molecule is CCCCCCCCCCC/C=C\C/C=C\CCCCCCCCCCCCC(O)C(=O)NC(CO)C(O)CCCCCCCCCCCCCCCCCCC. The van der Waals surface area contributed by atoms with E-state index < -0.39 is 24.2 Å². The predicted molar refractivity (Wildman–Crippen MR) is 250 cm³/mol. The van der Waals surface area contributed by atoms with Gasteiger partial charge < -0.3 is 20.6 Å². The Bertz CT molecular complexity index is 844. The summed E-state index contributed by atoms with van der Waals surface area (Å²) in [4.78, 5) is 12.5. The van der Waals surface area contributed by atoms with Gasteiger partial charge in [-0.25, -0.2) is 0 Å². The normalized spacial score (nSPS) is 13.6. The van der Waals surface area contributed by atoms with Crippen LogP contribution in [0.1, 0.15) is 277 Å². The number of amides is 1. The molecule has 57 heavy (non-hydrogen) atoms. The van der Waals surface area contributed by atoms with Gasteiger partial charge in [0, 0.05) is 0 Å². The summed E-state index contributed by atoms with van der Waals surface area (Å²) in [5.74, 6) is -0.470. The number of carbonyl (C=O) groups is 1. The van der Waals surface area contributed by atoms with Crippen LogP contribution in [0.3, 0.4) is 0 Å².